The highest BCUT2D eigenvalue weighted by atomic mass is 19.1. The molecule has 0 saturated heterocycles. The Labute approximate surface area is 183 Å². The fraction of sp³-hybridized carbons (Fsp3) is 0.304. The lowest BCUT2D eigenvalue weighted by atomic mass is 9.74. The second-order valence-corrected chi connectivity index (χ2v) is 8.49. The van der Waals surface area contributed by atoms with E-state index in [1.54, 1.807) is 6.20 Å². The zero-order chi connectivity index (χ0) is 22.5. The molecule has 0 bridgehead atoms. The standard InChI is InChI=1S/C23H23FN6O2/c1-13(31)28-23(2)10-16(11-23)26-22-27-21(32-3)20-19(17(24)12-30(20)29-22)15-6-7-18-14(9-15)5-4-8-25-18/h4-9,12,16H,10-11H2,1-3H3,(H,26,29)(H,28,31). The van der Waals surface area contributed by atoms with Gasteiger partial charge in [-0.2, -0.15) is 4.98 Å². The third kappa shape index (κ3) is 3.49. The van der Waals surface area contributed by atoms with Crippen LogP contribution in [0.15, 0.2) is 42.7 Å². The molecule has 5 rings (SSSR count). The van der Waals surface area contributed by atoms with Gasteiger partial charge in [0, 0.05) is 30.1 Å². The number of nitrogens with zero attached hydrogens (tertiary/aromatic N) is 4. The number of pyridine rings is 1. The Morgan fingerprint density at radius 2 is 2.12 bits per heavy atom. The summed E-state index contributed by atoms with van der Waals surface area (Å²) >= 11 is 0. The normalized spacial score (nSPS) is 20.2. The summed E-state index contributed by atoms with van der Waals surface area (Å²) in [5, 5.41) is 11.6. The lowest BCUT2D eigenvalue weighted by Crippen LogP contribution is -2.59. The molecule has 8 nitrogen and oxygen atoms in total. The molecular formula is C23H23FN6O2. The van der Waals surface area contributed by atoms with Gasteiger partial charge < -0.3 is 15.4 Å². The fourth-order valence-electron chi connectivity index (χ4n) is 4.57. The third-order valence-electron chi connectivity index (χ3n) is 5.84. The smallest absolute Gasteiger partial charge is 0.244 e. The van der Waals surface area contributed by atoms with Crippen LogP contribution in [0.5, 0.6) is 5.88 Å². The van der Waals surface area contributed by atoms with Gasteiger partial charge in [-0.3, -0.25) is 9.78 Å². The van der Waals surface area contributed by atoms with Gasteiger partial charge >= 0.3 is 0 Å². The molecule has 164 valence electrons. The Morgan fingerprint density at radius 1 is 1.31 bits per heavy atom. The van der Waals surface area contributed by atoms with E-state index in [4.69, 9.17) is 4.74 Å². The van der Waals surface area contributed by atoms with Gasteiger partial charge in [0.2, 0.25) is 17.7 Å². The number of amides is 1. The second kappa shape index (κ2) is 7.44. The summed E-state index contributed by atoms with van der Waals surface area (Å²) in [5.74, 6) is 0.148. The topological polar surface area (TPSA) is 93.4 Å². The van der Waals surface area contributed by atoms with Gasteiger partial charge in [0.15, 0.2) is 5.82 Å². The monoisotopic (exact) mass is 434 g/mol. The lowest BCUT2D eigenvalue weighted by Gasteiger charge is -2.45. The first-order chi connectivity index (χ1) is 15.3. The molecule has 1 saturated carbocycles. The molecule has 1 aliphatic carbocycles. The van der Waals surface area contributed by atoms with Crippen molar-refractivity contribution in [1.82, 2.24) is 24.9 Å². The molecule has 1 aliphatic rings. The molecule has 3 heterocycles. The highest BCUT2D eigenvalue weighted by molar-refractivity contribution is 5.91. The number of anilines is 1. The third-order valence-corrected chi connectivity index (χ3v) is 5.84. The highest BCUT2D eigenvalue weighted by Gasteiger charge is 2.41. The number of carbonyl (C=O) groups excluding carboxylic acids is 1. The lowest BCUT2D eigenvalue weighted by molar-refractivity contribution is -0.121. The van der Waals surface area contributed by atoms with Crippen molar-refractivity contribution in [2.45, 2.75) is 38.3 Å². The summed E-state index contributed by atoms with van der Waals surface area (Å²) in [6.07, 6.45) is 4.54. The summed E-state index contributed by atoms with van der Waals surface area (Å²) in [6, 6.07) is 9.46. The molecule has 0 aliphatic heterocycles. The molecule has 0 radical (unpaired) electrons. The number of hydrogen-bond donors (Lipinski definition) is 2. The summed E-state index contributed by atoms with van der Waals surface area (Å²) in [7, 11) is 1.50. The van der Waals surface area contributed by atoms with E-state index < -0.39 is 5.82 Å². The van der Waals surface area contributed by atoms with E-state index in [0.717, 1.165) is 23.7 Å². The minimum absolute atomic E-state index is 0.0508. The van der Waals surface area contributed by atoms with Crippen LogP contribution in [-0.4, -0.2) is 44.2 Å². The van der Waals surface area contributed by atoms with Crippen molar-refractivity contribution >= 4 is 28.3 Å². The number of aromatic nitrogens is 4. The van der Waals surface area contributed by atoms with Crippen LogP contribution in [0.25, 0.3) is 27.5 Å². The van der Waals surface area contributed by atoms with Gasteiger partial charge in [-0.25, -0.2) is 8.91 Å². The first-order valence-electron chi connectivity index (χ1n) is 10.4. The van der Waals surface area contributed by atoms with Crippen LogP contribution in [0.1, 0.15) is 26.7 Å². The molecular weight excluding hydrogens is 411 g/mol. The van der Waals surface area contributed by atoms with Crippen LogP contribution >= 0.6 is 0 Å². The fourth-order valence-corrected chi connectivity index (χ4v) is 4.57. The summed E-state index contributed by atoms with van der Waals surface area (Å²) < 4.78 is 22.0. The number of fused-ring (bicyclic) bond motifs is 2. The Kier molecular flexibility index (Phi) is 4.69. The molecule has 0 spiro atoms. The van der Waals surface area contributed by atoms with Crippen molar-refractivity contribution in [2.24, 2.45) is 0 Å². The van der Waals surface area contributed by atoms with Crippen LogP contribution in [0.3, 0.4) is 0 Å². The van der Waals surface area contributed by atoms with Gasteiger partial charge in [-0.05, 0) is 43.5 Å². The van der Waals surface area contributed by atoms with Crippen molar-refractivity contribution in [1.29, 1.82) is 0 Å². The summed E-state index contributed by atoms with van der Waals surface area (Å²) in [6.45, 7) is 3.52. The molecule has 1 fully saturated rings. The number of ether oxygens (including phenoxy) is 1. The Bertz CT molecular complexity index is 1350. The van der Waals surface area contributed by atoms with E-state index in [2.05, 4.69) is 25.7 Å². The quantitative estimate of drug-likeness (QED) is 0.499. The van der Waals surface area contributed by atoms with E-state index in [9.17, 15) is 4.79 Å². The maximum atomic E-state index is 15.1. The van der Waals surface area contributed by atoms with E-state index in [0.29, 0.717) is 22.6 Å². The molecule has 2 N–H and O–H groups in total. The number of rotatable bonds is 5. The number of halogens is 1. The largest absolute Gasteiger partial charge is 0.479 e. The van der Waals surface area contributed by atoms with E-state index >= 15 is 4.39 Å². The van der Waals surface area contributed by atoms with Crippen molar-refractivity contribution < 1.29 is 13.9 Å². The van der Waals surface area contributed by atoms with Gasteiger partial charge in [-0.1, -0.05) is 12.1 Å². The Balaban J connectivity index is 1.49. The van der Waals surface area contributed by atoms with Crippen molar-refractivity contribution in [3.8, 4) is 17.0 Å². The first-order valence-corrected chi connectivity index (χ1v) is 10.4. The van der Waals surface area contributed by atoms with Gasteiger partial charge in [0.25, 0.3) is 0 Å². The Morgan fingerprint density at radius 3 is 2.88 bits per heavy atom. The Hall–Kier alpha value is -3.75. The van der Waals surface area contributed by atoms with Gasteiger partial charge in [-0.15, -0.1) is 5.10 Å². The van der Waals surface area contributed by atoms with Crippen molar-refractivity contribution in [2.75, 3.05) is 12.4 Å². The van der Waals surface area contributed by atoms with Crippen LogP contribution in [-0.2, 0) is 4.79 Å². The first kappa shape index (κ1) is 20.2. The van der Waals surface area contributed by atoms with Crippen LogP contribution < -0.4 is 15.4 Å². The van der Waals surface area contributed by atoms with Gasteiger partial charge in [0.1, 0.15) is 5.52 Å². The second-order valence-electron chi connectivity index (χ2n) is 8.49. The predicted molar refractivity (Wildman–Crippen MR) is 119 cm³/mol. The molecule has 3 aromatic heterocycles. The minimum Gasteiger partial charge on any atom is -0.479 e. The summed E-state index contributed by atoms with van der Waals surface area (Å²) in [5.41, 5.74) is 2.12. The highest BCUT2D eigenvalue weighted by Crippen LogP contribution is 2.37. The van der Waals surface area contributed by atoms with Gasteiger partial charge in [0.05, 0.1) is 24.4 Å². The summed E-state index contributed by atoms with van der Waals surface area (Å²) in [4.78, 5) is 20.2. The number of benzene rings is 1. The van der Waals surface area contributed by atoms with Crippen LogP contribution in [0.2, 0.25) is 0 Å². The average Bonchev–Trinajstić information content (AvgIpc) is 3.06. The number of methoxy groups -OCH3 is 1. The van der Waals surface area contributed by atoms with E-state index in [-0.39, 0.29) is 23.4 Å². The molecule has 0 atom stereocenters. The maximum absolute atomic E-state index is 15.1. The SMILES string of the molecule is COc1nc(NC2CC(C)(NC(C)=O)C2)nn2cc(F)c(-c3ccc4ncccc4c3)c12. The molecule has 0 unspecified atom stereocenters. The zero-order valence-electron chi connectivity index (χ0n) is 18.0. The molecule has 9 heteroatoms. The minimum atomic E-state index is -0.417. The predicted octanol–water partition coefficient (Wildman–Crippen LogP) is 3.56. The van der Waals surface area contributed by atoms with Crippen molar-refractivity contribution in [3.63, 3.8) is 0 Å². The number of hydrogen-bond acceptors (Lipinski definition) is 6. The van der Waals surface area contributed by atoms with E-state index in [1.807, 2.05) is 37.3 Å². The molecule has 1 aromatic carbocycles. The number of nitrogens with one attached hydrogen (secondary N) is 2. The van der Waals surface area contributed by atoms with Crippen LogP contribution in [0.4, 0.5) is 10.3 Å². The maximum Gasteiger partial charge on any atom is 0.244 e. The zero-order valence-corrected chi connectivity index (χ0v) is 18.0. The average molecular weight is 434 g/mol. The molecule has 32 heavy (non-hydrogen) atoms. The number of carbonyl (C=O) groups is 1. The van der Waals surface area contributed by atoms with Crippen molar-refractivity contribution in [3.05, 3.63) is 48.5 Å². The molecule has 1 amide bonds. The van der Waals surface area contributed by atoms with E-state index in [1.165, 1.54) is 24.7 Å². The molecule has 4 aromatic rings. The van der Waals surface area contributed by atoms with Crippen LogP contribution in [0, 0.1) is 5.82 Å².